The summed E-state index contributed by atoms with van der Waals surface area (Å²) in [6.07, 6.45) is 0. The molecule has 0 radical (unpaired) electrons. The van der Waals surface area contributed by atoms with E-state index in [0.29, 0.717) is 0 Å². The number of hydrogen-bond acceptors (Lipinski definition) is 5. The summed E-state index contributed by atoms with van der Waals surface area (Å²) in [6.45, 7) is 0.0121. The van der Waals surface area contributed by atoms with Crippen molar-refractivity contribution in [2.75, 3.05) is 32.3 Å². The van der Waals surface area contributed by atoms with Crippen LogP contribution in [0.3, 0.4) is 0 Å². The standard InChI is InChI=1S/C8H14N2O3S/c1-10(3-7(11)13-2)8(12)6-4-14-5-9-6/h6,9H,3-5H2,1-2H3. The highest BCUT2D eigenvalue weighted by atomic mass is 32.2. The van der Waals surface area contributed by atoms with E-state index in [1.807, 2.05) is 0 Å². The maximum absolute atomic E-state index is 11.6. The molecule has 1 fully saturated rings. The number of rotatable bonds is 3. The van der Waals surface area contributed by atoms with E-state index in [-0.39, 0.29) is 18.5 Å². The lowest BCUT2D eigenvalue weighted by molar-refractivity contribution is -0.146. The van der Waals surface area contributed by atoms with Crippen LogP contribution in [-0.4, -0.2) is 55.2 Å². The molecule has 80 valence electrons. The van der Waals surface area contributed by atoms with Gasteiger partial charge < -0.3 is 9.64 Å². The van der Waals surface area contributed by atoms with Crippen LogP contribution in [-0.2, 0) is 14.3 Å². The SMILES string of the molecule is COC(=O)CN(C)C(=O)C1CSCN1. The van der Waals surface area contributed by atoms with Gasteiger partial charge in [0.1, 0.15) is 6.54 Å². The minimum Gasteiger partial charge on any atom is -0.468 e. The molecule has 1 N–H and O–H groups in total. The molecule has 1 saturated heterocycles. The summed E-state index contributed by atoms with van der Waals surface area (Å²) in [4.78, 5) is 23.9. The van der Waals surface area contributed by atoms with Crippen molar-refractivity contribution in [1.82, 2.24) is 10.2 Å². The number of amides is 1. The van der Waals surface area contributed by atoms with Crippen molar-refractivity contribution in [2.24, 2.45) is 0 Å². The van der Waals surface area contributed by atoms with Crippen LogP contribution >= 0.6 is 11.8 Å². The summed E-state index contributed by atoms with van der Waals surface area (Å²) in [5.41, 5.74) is 0. The fourth-order valence-electron chi connectivity index (χ4n) is 1.16. The molecule has 6 heteroatoms. The first-order valence-corrected chi connectivity index (χ1v) is 5.43. The zero-order valence-corrected chi connectivity index (χ0v) is 9.10. The van der Waals surface area contributed by atoms with E-state index in [1.165, 1.54) is 12.0 Å². The van der Waals surface area contributed by atoms with Crippen molar-refractivity contribution in [1.29, 1.82) is 0 Å². The number of ether oxygens (including phenoxy) is 1. The Kier molecular flexibility index (Phi) is 4.21. The number of hydrogen-bond donors (Lipinski definition) is 1. The van der Waals surface area contributed by atoms with Crippen molar-refractivity contribution < 1.29 is 14.3 Å². The minimum absolute atomic E-state index is 0.0121. The molecule has 0 bridgehead atoms. The Morgan fingerprint density at radius 2 is 2.36 bits per heavy atom. The summed E-state index contributed by atoms with van der Waals surface area (Å²) in [7, 11) is 2.91. The van der Waals surface area contributed by atoms with Gasteiger partial charge in [-0.2, -0.15) is 0 Å². The highest BCUT2D eigenvalue weighted by molar-refractivity contribution is 7.99. The van der Waals surface area contributed by atoms with Gasteiger partial charge in [0.05, 0.1) is 13.2 Å². The summed E-state index contributed by atoms with van der Waals surface area (Å²) in [5.74, 6) is 1.11. The average molecular weight is 218 g/mol. The topological polar surface area (TPSA) is 58.6 Å². The molecule has 1 heterocycles. The number of thioether (sulfide) groups is 1. The van der Waals surface area contributed by atoms with E-state index in [0.717, 1.165) is 11.6 Å². The Bertz CT molecular complexity index is 229. The smallest absolute Gasteiger partial charge is 0.325 e. The average Bonchev–Trinajstić information content (AvgIpc) is 2.69. The molecule has 0 aliphatic carbocycles. The Balaban J connectivity index is 2.39. The Hall–Kier alpha value is -0.750. The zero-order chi connectivity index (χ0) is 10.6. The van der Waals surface area contributed by atoms with Gasteiger partial charge >= 0.3 is 5.97 Å². The molecule has 0 aromatic rings. The lowest BCUT2D eigenvalue weighted by Crippen LogP contribution is -2.45. The van der Waals surface area contributed by atoms with E-state index in [1.54, 1.807) is 18.8 Å². The summed E-state index contributed by atoms with van der Waals surface area (Å²) >= 11 is 1.68. The van der Waals surface area contributed by atoms with Crippen LogP contribution in [0.25, 0.3) is 0 Å². The second kappa shape index (κ2) is 5.21. The highest BCUT2D eigenvalue weighted by Crippen LogP contribution is 2.11. The Morgan fingerprint density at radius 1 is 1.64 bits per heavy atom. The van der Waals surface area contributed by atoms with Crippen molar-refractivity contribution in [3.63, 3.8) is 0 Å². The minimum atomic E-state index is -0.397. The molecule has 14 heavy (non-hydrogen) atoms. The van der Waals surface area contributed by atoms with Crippen molar-refractivity contribution >= 4 is 23.6 Å². The van der Waals surface area contributed by atoms with E-state index in [9.17, 15) is 9.59 Å². The lowest BCUT2D eigenvalue weighted by Gasteiger charge is -2.19. The fraction of sp³-hybridized carbons (Fsp3) is 0.750. The Labute approximate surface area is 87.2 Å². The van der Waals surface area contributed by atoms with E-state index >= 15 is 0 Å². The predicted molar refractivity (Wildman–Crippen MR) is 53.9 cm³/mol. The number of nitrogens with zero attached hydrogens (tertiary/aromatic N) is 1. The molecule has 0 spiro atoms. The molecule has 0 aromatic carbocycles. The molecular weight excluding hydrogens is 204 g/mol. The van der Waals surface area contributed by atoms with Crippen LogP contribution in [0.1, 0.15) is 0 Å². The van der Waals surface area contributed by atoms with Crippen LogP contribution in [0.4, 0.5) is 0 Å². The first-order valence-electron chi connectivity index (χ1n) is 4.28. The van der Waals surface area contributed by atoms with Crippen molar-refractivity contribution in [3.8, 4) is 0 Å². The van der Waals surface area contributed by atoms with Crippen LogP contribution in [0.15, 0.2) is 0 Å². The molecule has 1 amide bonds. The number of nitrogens with one attached hydrogen (secondary N) is 1. The van der Waals surface area contributed by atoms with Crippen LogP contribution in [0.2, 0.25) is 0 Å². The van der Waals surface area contributed by atoms with Gasteiger partial charge in [0.2, 0.25) is 5.91 Å². The number of carbonyl (C=O) groups is 2. The third-order valence-electron chi connectivity index (χ3n) is 1.98. The molecule has 1 rings (SSSR count). The molecule has 1 unspecified atom stereocenters. The zero-order valence-electron chi connectivity index (χ0n) is 8.28. The van der Waals surface area contributed by atoms with Gasteiger partial charge in [-0.05, 0) is 0 Å². The van der Waals surface area contributed by atoms with Gasteiger partial charge in [-0.15, -0.1) is 11.8 Å². The van der Waals surface area contributed by atoms with Gasteiger partial charge in [-0.1, -0.05) is 0 Å². The van der Waals surface area contributed by atoms with Crippen molar-refractivity contribution in [2.45, 2.75) is 6.04 Å². The van der Waals surface area contributed by atoms with E-state index in [4.69, 9.17) is 0 Å². The molecule has 1 atom stereocenters. The molecule has 0 aromatic heterocycles. The maximum atomic E-state index is 11.6. The molecule has 5 nitrogen and oxygen atoms in total. The number of methoxy groups -OCH3 is 1. The quantitative estimate of drug-likeness (QED) is 0.634. The van der Waals surface area contributed by atoms with Gasteiger partial charge in [0, 0.05) is 18.7 Å². The highest BCUT2D eigenvalue weighted by Gasteiger charge is 2.26. The predicted octanol–water partition coefficient (Wildman–Crippen LogP) is -0.720. The number of likely N-dealkylation sites (N-methyl/N-ethyl adjacent to an activating group) is 1. The van der Waals surface area contributed by atoms with Crippen LogP contribution < -0.4 is 5.32 Å². The number of esters is 1. The van der Waals surface area contributed by atoms with Crippen LogP contribution in [0.5, 0.6) is 0 Å². The third-order valence-corrected chi connectivity index (χ3v) is 2.92. The maximum Gasteiger partial charge on any atom is 0.325 e. The lowest BCUT2D eigenvalue weighted by atomic mass is 10.3. The van der Waals surface area contributed by atoms with Gasteiger partial charge in [-0.25, -0.2) is 0 Å². The van der Waals surface area contributed by atoms with Crippen LogP contribution in [0, 0.1) is 0 Å². The normalized spacial score (nSPS) is 20.6. The summed E-state index contributed by atoms with van der Waals surface area (Å²) in [6, 6.07) is -0.158. The second-order valence-corrected chi connectivity index (χ2v) is 4.07. The molecule has 1 aliphatic heterocycles. The third kappa shape index (κ3) is 2.88. The van der Waals surface area contributed by atoms with Gasteiger partial charge in [0.15, 0.2) is 0 Å². The summed E-state index contributed by atoms with van der Waals surface area (Å²) < 4.78 is 4.48. The van der Waals surface area contributed by atoms with E-state index < -0.39 is 5.97 Å². The number of carbonyl (C=O) groups excluding carboxylic acids is 2. The second-order valence-electron chi connectivity index (χ2n) is 3.04. The molecular formula is C8H14N2O3S. The molecule has 0 saturated carbocycles. The van der Waals surface area contributed by atoms with Crippen molar-refractivity contribution in [3.05, 3.63) is 0 Å². The van der Waals surface area contributed by atoms with Gasteiger partial charge in [-0.3, -0.25) is 14.9 Å². The van der Waals surface area contributed by atoms with E-state index in [2.05, 4.69) is 10.1 Å². The largest absolute Gasteiger partial charge is 0.468 e. The Morgan fingerprint density at radius 3 is 2.86 bits per heavy atom. The fourth-order valence-corrected chi connectivity index (χ4v) is 2.09. The van der Waals surface area contributed by atoms with Gasteiger partial charge in [0.25, 0.3) is 0 Å². The summed E-state index contributed by atoms with van der Waals surface area (Å²) in [5, 5.41) is 3.05. The monoisotopic (exact) mass is 218 g/mol. The first-order chi connectivity index (χ1) is 6.65. The molecule has 1 aliphatic rings. The first kappa shape index (κ1) is 11.3.